The summed E-state index contributed by atoms with van der Waals surface area (Å²) in [6, 6.07) is 34.7. The molecule has 5 rings (SSSR count). The van der Waals surface area contributed by atoms with Gasteiger partial charge in [0.2, 0.25) is 0 Å². The number of fused-ring (bicyclic) bond motifs is 1. The van der Waals surface area contributed by atoms with Crippen LogP contribution in [0.1, 0.15) is 52.0 Å². The number of amides is 1. The Balaban J connectivity index is 0.00000231. The first-order valence-electron chi connectivity index (χ1n) is 13.4. The van der Waals surface area contributed by atoms with Crippen LogP contribution in [0.3, 0.4) is 0 Å². The molecule has 1 amide bonds. The molecule has 0 aliphatic heterocycles. The van der Waals surface area contributed by atoms with Gasteiger partial charge in [-0.05, 0) is 65.6 Å². The molecule has 6 nitrogen and oxygen atoms in total. The van der Waals surface area contributed by atoms with E-state index in [1.807, 2.05) is 61.5 Å². The second-order valence-electron chi connectivity index (χ2n) is 10.0. The number of carbonyl (C=O) groups is 1. The van der Waals surface area contributed by atoms with Gasteiger partial charge in [0.25, 0.3) is 0 Å². The fraction of sp³-hybridized carbons (Fsp3) is 0.212. The number of hydrogen-bond acceptors (Lipinski definition) is 3. The lowest BCUT2D eigenvalue weighted by molar-refractivity contribution is 0.181. The van der Waals surface area contributed by atoms with Gasteiger partial charge in [0, 0.05) is 12.5 Å². The molecule has 4 aromatic carbocycles. The Morgan fingerprint density at radius 3 is 2.00 bits per heavy atom. The van der Waals surface area contributed by atoms with Crippen molar-refractivity contribution in [1.82, 2.24) is 15.3 Å². The number of carboxylic acid groups (broad SMARTS) is 1. The third-order valence-electron chi connectivity index (χ3n) is 7.46. The van der Waals surface area contributed by atoms with Crippen molar-refractivity contribution in [3.63, 3.8) is 0 Å². The van der Waals surface area contributed by atoms with E-state index in [2.05, 4.69) is 63.8 Å². The van der Waals surface area contributed by atoms with Crippen LogP contribution in [0.15, 0.2) is 103 Å². The number of aromatic amines is 1. The largest absolute Gasteiger partial charge is 0.465 e. The van der Waals surface area contributed by atoms with E-state index < -0.39 is 12.1 Å². The molecule has 0 aliphatic rings. The Bertz CT molecular complexity index is 1490. The summed E-state index contributed by atoms with van der Waals surface area (Å²) in [4.78, 5) is 20.1. The minimum Gasteiger partial charge on any atom is -0.465 e. The number of aromatic nitrogens is 2. The highest BCUT2D eigenvalue weighted by atomic mass is 35.5. The van der Waals surface area contributed by atoms with E-state index in [9.17, 15) is 9.90 Å². The molecule has 0 saturated heterocycles. The van der Waals surface area contributed by atoms with Crippen LogP contribution in [0.5, 0.6) is 0 Å². The topological polar surface area (TPSA) is 104 Å². The second-order valence-corrected chi connectivity index (χ2v) is 10.0. The highest BCUT2D eigenvalue weighted by Crippen LogP contribution is 2.42. The average Bonchev–Trinajstić information content (AvgIpc) is 3.34. The predicted molar refractivity (Wildman–Crippen MR) is 170 cm³/mol. The molecule has 41 heavy (non-hydrogen) atoms. The van der Waals surface area contributed by atoms with Crippen LogP contribution in [0, 0.1) is 12.8 Å². The lowest BCUT2D eigenvalue weighted by atomic mass is 9.72. The summed E-state index contributed by atoms with van der Waals surface area (Å²) in [6.07, 6.45) is 0.522. The van der Waals surface area contributed by atoms with E-state index in [0.29, 0.717) is 6.54 Å². The first-order valence-corrected chi connectivity index (χ1v) is 13.4. The van der Waals surface area contributed by atoms with Gasteiger partial charge in [0.1, 0.15) is 5.82 Å². The molecule has 5 aromatic rings. The summed E-state index contributed by atoms with van der Waals surface area (Å²) < 4.78 is 0. The van der Waals surface area contributed by atoms with Crippen LogP contribution in [0.4, 0.5) is 4.79 Å². The molecule has 0 fully saturated rings. The van der Waals surface area contributed by atoms with Gasteiger partial charge in [-0.3, -0.25) is 0 Å². The fourth-order valence-corrected chi connectivity index (χ4v) is 5.63. The molecule has 2 unspecified atom stereocenters. The van der Waals surface area contributed by atoms with Crippen molar-refractivity contribution in [2.45, 2.75) is 38.3 Å². The van der Waals surface area contributed by atoms with Crippen LogP contribution in [-0.4, -0.2) is 21.2 Å². The molecule has 0 aliphatic carbocycles. The predicted octanol–water partition coefficient (Wildman–Crippen LogP) is 7.56. The normalized spacial score (nSPS) is 12.3. The van der Waals surface area contributed by atoms with Gasteiger partial charge < -0.3 is 21.1 Å². The molecule has 0 radical (unpaired) electrons. The Hall–Kier alpha value is -3.84. The molecule has 8 heteroatoms. The van der Waals surface area contributed by atoms with E-state index in [1.165, 1.54) is 5.56 Å². The first-order chi connectivity index (χ1) is 19.0. The fourth-order valence-electron chi connectivity index (χ4n) is 5.63. The summed E-state index contributed by atoms with van der Waals surface area (Å²) in [5.74, 6) is 0.710. The van der Waals surface area contributed by atoms with Gasteiger partial charge in [-0.1, -0.05) is 91.0 Å². The zero-order valence-corrected chi connectivity index (χ0v) is 24.5. The highest BCUT2D eigenvalue weighted by molar-refractivity contribution is 5.85. The number of benzene rings is 4. The number of imidazole rings is 1. The van der Waals surface area contributed by atoms with Crippen molar-refractivity contribution < 1.29 is 9.90 Å². The van der Waals surface area contributed by atoms with Crippen LogP contribution in [0.2, 0.25) is 0 Å². The van der Waals surface area contributed by atoms with E-state index in [0.717, 1.165) is 52.0 Å². The molecule has 1 aromatic heterocycles. The van der Waals surface area contributed by atoms with Crippen molar-refractivity contribution in [2.75, 3.05) is 0 Å². The van der Waals surface area contributed by atoms with Gasteiger partial charge in [-0.2, -0.15) is 0 Å². The average molecular weight is 592 g/mol. The van der Waals surface area contributed by atoms with Crippen molar-refractivity contribution in [3.05, 3.63) is 137 Å². The molecule has 0 saturated carbocycles. The number of aryl methyl sites for hydroxylation is 2. The van der Waals surface area contributed by atoms with E-state index in [4.69, 9.17) is 5.73 Å². The maximum absolute atomic E-state index is 12.3. The van der Waals surface area contributed by atoms with Crippen molar-refractivity contribution in [3.8, 4) is 0 Å². The van der Waals surface area contributed by atoms with Gasteiger partial charge >= 0.3 is 6.09 Å². The number of nitrogens with zero attached hydrogens (tertiary/aromatic N) is 1. The van der Waals surface area contributed by atoms with Crippen LogP contribution in [-0.2, 0) is 13.0 Å². The smallest absolute Gasteiger partial charge is 0.405 e. The zero-order chi connectivity index (χ0) is 27.2. The van der Waals surface area contributed by atoms with Crippen molar-refractivity contribution >= 4 is 41.9 Å². The van der Waals surface area contributed by atoms with Gasteiger partial charge in [0.15, 0.2) is 0 Å². The summed E-state index contributed by atoms with van der Waals surface area (Å²) in [5.41, 5.74) is 13.1. The summed E-state index contributed by atoms with van der Waals surface area (Å²) in [7, 11) is 0. The zero-order valence-electron chi connectivity index (χ0n) is 22.9. The molecule has 214 valence electrons. The minimum atomic E-state index is -1.04. The van der Waals surface area contributed by atoms with Crippen molar-refractivity contribution in [2.24, 2.45) is 11.7 Å². The Kier molecular flexibility index (Phi) is 11.4. The first kappa shape index (κ1) is 31.7. The molecule has 2 atom stereocenters. The van der Waals surface area contributed by atoms with Crippen LogP contribution >= 0.6 is 24.8 Å². The van der Waals surface area contributed by atoms with Crippen molar-refractivity contribution in [1.29, 1.82) is 0 Å². The number of nitrogens with one attached hydrogen (secondary N) is 2. The lowest BCUT2D eigenvalue weighted by Gasteiger charge is -2.35. The lowest BCUT2D eigenvalue weighted by Crippen LogP contribution is -2.36. The van der Waals surface area contributed by atoms with E-state index >= 15 is 0 Å². The number of nitrogens with two attached hydrogens (primary N) is 1. The number of rotatable bonds is 10. The number of H-pyrrole nitrogens is 1. The molecule has 0 spiro atoms. The molecule has 0 bridgehead atoms. The standard InChI is InChI=1S/C33H34N4O2.2ClH/c1-22-35-29-19-17-27(20-30(29)36-22)32(37-33(38)39)28(18-16-23-12-14-24(21-34)15-13-23)31(25-8-4-2-5-9-25)26-10-6-3-7-11-26;;/h2-15,17,19-20,28,31-32,37H,16,18,21,34H2,1H3,(H,35,36)(H,38,39);2*1H. The quantitative estimate of drug-likeness (QED) is 0.135. The van der Waals surface area contributed by atoms with Crippen LogP contribution in [0.25, 0.3) is 11.0 Å². The SMILES string of the molecule is Cc1nc2ccc(C(NC(=O)O)C(CCc3ccc(CN)cc3)C(c3ccccc3)c3ccccc3)cc2[nH]1.Cl.Cl. The van der Waals surface area contributed by atoms with Gasteiger partial charge in [-0.25, -0.2) is 9.78 Å². The van der Waals surface area contributed by atoms with E-state index in [1.54, 1.807) is 0 Å². The monoisotopic (exact) mass is 590 g/mol. The van der Waals surface area contributed by atoms with Gasteiger partial charge in [-0.15, -0.1) is 24.8 Å². The third-order valence-corrected chi connectivity index (χ3v) is 7.46. The second kappa shape index (κ2) is 14.7. The Labute approximate surface area is 253 Å². The number of halogens is 2. The van der Waals surface area contributed by atoms with Gasteiger partial charge in [0.05, 0.1) is 17.1 Å². The summed E-state index contributed by atoms with van der Waals surface area (Å²) >= 11 is 0. The molecule has 5 N–H and O–H groups in total. The maximum atomic E-state index is 12.3. The van der Waals surface area contributed by atoms with Crippen LogP contribution < -0.4 is 11.1 Å². The molecule has 1 heterocycles. The third kappa shape index (κ3) is 7.67. The minimum absolute atomic E-state index is 0. The summed E-state index contributed by atoms with van der Waals surface area (Å²) in [5, 5.41) is 12.9. The number of hydrogen-bond donors (Lipinski definition) is 4. The highest BCUT2D eigenvalue weighted by Gasteiger charge is 2.34. The Morgan fingerprint density at radius 1 is 0.854 bits per heavy atom. The molecular weight excluding hydrogens is 555 g/mol. The molecular formula is C33H36Cl2N4O2. The Morgan fingerprint density at radius 2 is 1.44 bits per heavy atom. The maximum Gasteiger partial charge on any atom is 0.405 e. The summed E-state index contributed by atoms with van der Waals surface area (Å²) in [6.45, 7) is 2.43. The van der Waals surface area contributed by atoms with E-state index in [-0.39, 0.29) is 36.6 Å².